The van der Waals surface area contributed by atoms with Gasteiger partial charge in [-0.2, -0.15) is 4.31 Å². The molecule has 0 saturated carbocycles. The maximum atomic E-state index is 13.5. The lowest BCUT2D eigenvalue weighted by Gasteiger charge is -2.22. The number of furan rings is 1. The average molecular weight is 421 g/mol. The fourth-order valence-corrected chi connectivity index (χ4v) is 5.04. The highest BCUT2D eigenvalue weighted by molar-refractivity contribution is 7.89. The van der Waals surface area contributed by atoms with E-state index in [4.69, 9.17) is 9.15 Å². The van der Waals surface area contributed by atoms with Gasteiger partial charge in [-0.1, -0.05) is 6.07 Å². The maximum Gasteiger partial charge on any atom is 0.247 e. The summed E-state index contributed by atoms with van der Waals surface area (Å²) < 4.78 is 39.0. The number of methoxy groups -OCH3 is 1. The van der Waals surface area contributed by atoms with E-state index in [2.05, 4.69) is 5.32 Å². The molecular weight excluding hydrogens is 400 g/mol. The zero-order valence-corrected chi connectivity index (χ0v) is 17.0. The molecule has 0 fully saturated rings. The molecule has 0 radical (unpaired) electrons. The number of thiophene rings is 1. The Morgan fingerprint density at radius 3 is 2.64 bits per heavy atom. The molecule has 7 nitrogen and oxygen atoms in total. The smallest absolute Gasteiger partial charge is 0.247 e. The van der Waals surface area contributed by atoms with Crippen LogP contribution in [-0.4, -0.2) is 25.7 Å². The number of rotatable bonds is 8. The van der Waals surface area contributed by atoms with Crippen LogP contribution in [0.4, 0.5) is 5.69 Å². The average Bonchev–Trinajstić information content (AvgIpc) is 3.34. The molecule has 2 heterocycles. The van der Waals surface area contributed by atoms with Crippen LogP contribution in [0.15, 0.2) is 63.4 Å². The molecule has 0 aliphatic rings. The van der Waals surface area contributed by atoms with Gasteiger partial charge in [0.25, 0.3) is 0 Å². The molecule has 1 N–H and O–H groups in total. The summed E-state index contributed by atoms with van der Waals surface area (Å²) in [4.78, 5) is 12.2. The molecule has 3 rings (SSSR count). The minimum absolute atomic E-state index is 0.0237. The largest absolute Gasteiger partial charge is 0.495 e. The van der Waals surface area contributed by atoms with Crippen molar-refractivity contribution in [2.24, 2.45) is 0 Å². The molecule has 0 spiro atoms. The van der Waals surface area contributed by atoms with Crippen molar-refractivity contribution in [1.82, 2.24) is 4.31 Å². The number of anilines is 1. The molecule has 1 amide bonds. The third kappa shape index (κ3) is 4.61. The van der Waals surface area contributed by atoms with Gasteiger partial charge >= 0.3 is 0 Å². The van der Waals surface area contributed by atoms with Gasteiger partial charge in [0.05, 0.1) is 19.9 Å². The third-order valence-electron chi connectivity index (χ3n) is 3.93. The summed E-state index contributed by atoms with van der Waals surface area (Å²) in [6.07, 6.45) is 1.50. The van der Waals surface area contributed by atoms with E-state index >= 15 is 0 Å². The maximum absolute atomic E-state index is 13.5. The first-order valence-electron chi connectivity index (χ1n) is 8.40. The zero-order valence-electron chi connectivity index (χ0n) is 15.4. The van der Waals surface area contributed by atoms with E-state index < -0.39 is 10.0 Å². The molecule has 0 saturated heterocycles. The van der Waals surface area contributed by atoms with Crippen molar-refractivity contribution >= 4 is 33.0 Å². The van der Waals surface area contributed by atoms with E-state index in [0.717, 1.165) is 4.88 Å². The molecule has 9 heteroatoms. The quantitative estimate of drug-likeness (QED) is 0.600. The van der Waals surface area contributed by atoms with E-state index in [1.165, 1.54) is 48.1 Å². The lowest BCUT2D eigenvalue weighted by molar-refractivity contribution is -0.114. The topological polar surface area (TPSA) is 88.8 Å². The van der Waals surface area contributed by atoms with E-state index in [9.17, 15) is 13.2 Å². The van der Waals surface area contributed by atoms with Crippen LogP contribution in [0.3, 0.4) is 0 Å². The van der Waals surface area contributed by atoms with Crippen LogP contribution in [0.2, 0.25) is 0 Å². The van der Waals surface area contributed by atoms with Crippen molar-refractivity contribution in [2.45, 2.75) is 24.9 Å². The first-order valence-corrected chi connectivity index (χ1v) is 10.7. The predicted octanol–water partition coefficient (Wildman–Crippen LogP) is 3.70. The fraction of sp³-hybridized carbons (Fsp3) is 0.211. The number of sulfonamides is 1. The highest BCUT2D eigenvalue weighted by Crippen LogP contribution is 2.32. The zero-order chi connectivity index (χ0) is 20.1. The molecule has 0 aliphatic heterocycles. The molecular formula is C19H20N2O5S2. The molecule has 0 unspecified atom stereocenters. The van der Waals surface area contributed by atoms with Crippen LogP contribution in [0, 0.1) is 0 Å². The Bertz CT molecular complexity index is 992. The molecule has 1 aromatic carbocycles. The van der Waals surface area contributed by atoms with Crippen molar-refractivity contribution in [2.75, 3.05) is 12.4 Å². The third-order valence-corrected chi connectivity index (χ3v) is 6.60. The van der Waals surface area contributed by atoms with Gasteiger partial charge in [-0.15, -0.1) is 11.3 Å². The van der Waals surface area contributed by atoms with Crippen molar-refractivity contribution < 1.29 is 22.4 Å². The molecule has 0 atom stereocenters. The standard InChI is InChI=1S/C19H20N2O5S2/c1-14(22)20-15-7-8-18(25-2)19(11-15)28(23,24)21(12-16-5-3-9-26-16)13-17-6-4-10-27-17/h3-11H,12-13H2,1-2H3,(H,20,22). The van der Waals surface area contributed by atoms with E-state index in [1.54, 1.807) is 18.2 Å². The number of benzene rings is 1. The SMILES string of the molecule is COc1ccc(NC(C)=O)cc1S(=O)(=O)N(Cc1ccco1)Cc1cccs1. The summed E-state index contributed by atoms with van der Waals surface area (Å²) in [6.45, 7) is 1.62. The highest BCUT2D eigenvalue weighted by Gasteiger charge is 2.29. The first-order chi connectivity index (χ1) is 13.4. The van der Waals surface area contributed by atoms with E-state index in [0.29, 0.717) is 11.4 Å². The minimum Gasteiger partial charge on any atom is -0.495 e. The molecule has 2 aromatic heterocycles. The van der Waals surface area contributed by atoms with E-state index in [1.807, 2.05) is 17.5 Å². The minimum atomic E-state index is -3.95. The molecule has 3 aromatic rings. The summed E-state index contributed by atoms with van der Waals surface area (Å²) in [5, 5.41) is 4.50. The van der Waals surface area contributed by atoms with Gasteiger partial charge in [0, 0.05) is 24.0 Å². The monoisotopic (exact) mass is 420 g/mol. The van der Waals surface area contributed by atoms with Crippen LogP contribution >= 0.6 is 11.3 Å². The molecule has 0 aliphatic carbocycles. The number of nitrogens with zero attached hydrogens (tertiary/aromatic N) is 1. The van der Waals surface area contributed by atoms with Crippen molar-refractivity contribution in [3.63, 3.8) is 0 Å². The molecule has 0 bridgehead atoms. The number of carbonyl (C=O) groups is 1. The van der Waals surface area contributed by atoms with Crippen molar-refractivity contribution in [1.29, 1.82) is 0 Å². The van der Waals surface area contributed by atoms with Crippen LogP contribution in [-0.2, 0) is 27.9 Å². The second-order valence-electron chi connectivity index (χ2n) is 5.98. The van der Waals surface area contributed by atoms with Crippen molar-refractivity contribution in [3.05, 3.63) is 64.7 Å². The van der Waals surface area contributed by atoms with Crippen LogP contribution < -0.4 is 10.1 Å². The Labute approximate surface area is 167 Å². The second-order valence-corrected chi connectivity index (χ2v) is 8.92. The van der Waals surface area contributed by atoms with Crippen LogP contribution in [0.5, 0.6) is 5.75 Å². The van der Waals surface area contributed by atoms with Crippen LogP contribution in [0.1, 0.15) is 17.6 Å². The van der Waals surface area contributed by atoms with Crippen molar-refractivity contribution in [3.8, 4) is 5.75 Å². The number of amides is 1. The Hall–Kier alpha value is -2.62. The number of hydrogen-bond acceptors (Lipinski definition) is 6. The van der Waals surface area contributed by atoms with E-state index in [-0.39, 0.29) is 29.6 Å². The first kappa shape index (κ1) is 20.1. The van der Waals surface area contributed by atoms with Gasteiger partial charge in [0.1, 0.15) is 16.4 Å². The summed E-state index contributed by atoms with van der Waals surface area (Å²) in [5.41, 5.74) is 0.376. The number of ether oxygens (including phenoxy) is 1. The van der Waals surface area contributed by atoms with Gasteiger partial charge in [0.2, 0.25) is 15.9 Å². The summed E-state index contributed by atoms with van der Waals surface area (Å²) >= 11 is 1.47. The lowest BCUT2D eigenvalue weighted by Crippen LogP contribution is -2.30. The Morgan fingerprint density at radius 1 is 1.21 bits per heavy atom. The van der Waals surface area contributed by atoms with Gasteiger partial charge in [-0.3, -0.25) is 4.79 Å². The van der Waals surface area contributed by atoms with Gasteiger partial charge in [-0.25, -0.2) is 8.42 Å². The predicted molar refractivity (Wildman–Crippen MR) is 107 cm³/mol. The normalized spacial score (nSPS) is 11.5. The Balaban J connectivity index is 2.03. The van der Waals surface area contributed by atoms with Gasteiger partial charge < -0.3 is 14.5 Å². The fourth-order valence-electron chi connectivity index (χ4n) is 2.68. The van der Waals surface area contributed by atoms with Gasteiger partial charge in [0.15, 0.2) is 0 Å². The Kier molecular flexibility index (Phi) is 6.18. The highest BCUT2D eigenvalue weighted by atomic mass is 32.2. The number of hydrogen-bond donors (Lipinski definition) is 1. The number of nitrogens with one attached hydrogen (secondary N) is 1. The van der Waals surface area contributed by atoms with Crippen LogP contribution in [0.25, 0.3) is 0 Å². The number of carbonyl (C=O) groups excluding carboxylic acids is 1. The summed E-state index contributed by atoms with van der Waals surface area (Å²) in [6, 6.07) is 11.7. The Morgan fingerprint density at radius 2 is 2.04 bits per heavy atom. The van der Waals surface area contributed by atoms with Gasteiger partial charge in [-0.05, 0) is 41.8 Å². The molecule has 148 valence electrons. The second kappa shape index (κ2) is 8.59. The lowest BCUT2D eigenvalue weighted by atomic mass is 10.3. The summed E-state index contributed by atoms with van der Waals surface area (Å²) in [7, 11) is -2.55. The molecule has 28 heavy (non-hydrogen) atoms. The summed E-state index contributed by atoms with van der Waals surface area (Å²) in [5.74, 6) is 0.432.